The number of hydrogen-bond donors (Lipinski definition) is 1. The van der Waals surface area contributed by atoms with Gasteiger partial charge in [-0.15, -0.1) is 0 Å². The molecule has 0 amide bonds. The summed E-state index contributed by atoms with van der Waals surface area (Å²) in [7, 11) is 0. The largest absolute Gasteiger partial charge is 0.478 e. The third-order valence-electron chi connectivity index (χ3n) is 6.75. The standard InChI is InChI=1S/C25H31FN2O2/c26-22-7-5-19(6-8-22)17-20-9-13-27(14-10-20)18-21-11-15-28(16-12-21)24-4-2-1-3-23(24)25(29)30/h1-8,20-21H,9-18H2,(H,29,30). The highest BCUT2D eigenvalue weighted by molar-refractivity contribution is 5.94. The lowest BCUT2D eigenvalue weighted by Gasteiger charge is -2.38. The van der Waals surface area contributed by atoms with Gasteiger partial charge in [0.1, 0.15) is 5.82 Å². The predicted octanol–water partition coefficient (Wildman–Crippen LogP) is 4.70. The lowest BCUT2D eigenvalue weighted by atomic mass is 9.89. The first kappa shape index (κ1) is 20.9. The Hall–Kier alpha value is -2.40. The van der Waals surface area contributed by atoms with Crippen LogP contribution in [0.25, 0.3) is 0 Å². The van der Waals surface area contributed by atoms with Crippen molar-refractivity contribution in [1.82, 2.24) is 4.90 Å². The van der Waals surface area contributed by atoms with Crippen LogP contribution < -0.4 is 4.90 Å². The first-order valence-corrected chi connectivity index (χ1v) is 11.1. The molecule has 0 aromatic heterocycles. The minimum Gasteiger partial charge on any atom is -0.478 e. The van der Waals surface area contributed by atoms with Crippen LogP contribution in [0.3, 0.4) is 0 Å². The van der Waals surface area contributed by atoms with Gasteiger partial charge in [-0.3, -0.25) is 0 Å². The van der Waals surface area contributed by atoms with Crippen molar-refractivity contribution in [3.63, 3.8) is 0 Å². The number of nitrogens with zero attached hydrogens (tertiary/aromatic N) is 2. The molecule has 2 fully saturated rings. The van der Waals surface area contributed by atoms with Crippen LogP contribution in [0, 0.1) is 17.7 Å². The second-order valence-corrected chi connectivity index (χ2v) is 8.83. The van der Waals surface area contributed by atoms with Crippen LogP contribution in [0.15, 0.2) is 48.5 Å². The highest BCUT2D eigenvalue weighted by Gasteiger charge is 2.26. The monoisotopic (exact) mass is 410 g/mol. The molecule has 2 aromatic carbocycles. The van der Waals surface area contributed by atoms with Gasteiger partial charge in [-0.25, -0.2) is 9.18 Å². The molecule has 2 aliphatic rings. The first-order valence-electron chi connectivity index (χ1n) is 11.1. The Kier molecular flexibility index (Phi) is 6.68. The fraction of sp³-hybridized carbons (Fsp3) is 0.480. The zero-order chi connectivity index (χ0) is 20.9. The van der Waals surface area contributed by atoms with Gasteiger partial charge < -0.3 is 14.9 Å². The molecule has 0 unspecified atom stereocenters. The van der Waals surface area contributed by atoms with Crippen molar-refractivity contribution < 1.29 is 14.3 Å². The normalized spacial score (nSPS) is 19.2. The van der Waals surface area contributed by atoms with Crippen molar-refractivity contribution in [2.45, 2.75) is 32.1 Å². The van der Waals surface area contributed by atoms with Crippen LogP contribution in [0.5, 0.6) is 0 Å². The Balaban J connectivity index is 1.22. The molecule has 2 aliphatic heterocycles. The van der Waals surface area contributed by atoms with Gasteiger partial charge >= 0.3 is 5.97 Å². The number of hydrogen-bond acceptors (Lipinski definition) is 3. The molecule has 2 aromatic rings. The molecular weight excluding hydrogens is 379 g/mol. The average Bonchev–Trinajstić information content (AvgIpc) is 2.77. The molecule has 160 valence electrons. The van der Waals surface area contributed by atoms with Crippen LogP contribution >= 0.6 is 0 Å². The number of benzene rings is 2. The molecule has 0 aliphatic carbocycles. The number of anilines is 1. The van der Waals surface area contributed by atoms with Crippen molar-refractivity contribution in [3.05, 3.63) is 65.5 Å². The molecular formula is C25H31FN2O2. The van der Waals surface area contributed by atoms with E-state index < -0.39 is 5.97 Å². The van der Waals surface area contributed by atoms with Gasteiger partial charge in [-0.05, 0) is 86.9 Å². The lowest BCUT2D eigenvalue weighted by molar-refractivity contribution is 0.0697. The maximum Gasteiger partial charge on any atom is 0.337 e. The zero-order valence-electron chi connectivity index (χ0n) is 17.5. The maximum absolute atomic E-state index is 13.1. The quantitative estimate of drug-likeness (QED) is 0.750. The van der Waals surface area contributed by atoms with E-state index in [2.05, 4.69) is 9.80 Å². The van der Waals surface area contributed by atoms with Crippen LogP contribution in [-0.4, -0.2) is 48.7 Å². The van der Waals surface area contributed by atoms with Gasteiger partial charge in [0.2, 0.25) is 0 Å². The van der Waals surface area contributed by atoms with E-state index in [1.165, 1.54) is 18.4 Å². The molecule has 4 rings (SSSR count). The van der Waals surface area contributed by atoms with Crippen molar-refractivity contribution in [2.75, 3.05) is 37.6 Å². The molecule has 2 saturated heterocycles. The number of halogens is 1. The van der Waals surface area contributed by atoms with Crippen LogP contribution in [0.2, 0.25) is 0 Å². The molecule has 0 spiro atoms. The van der Waals surface area contributed by atoms with Gasteiger partial charge in [-0.1, -0.05) is 24.3 Å². The van der Waals surface area contributed by atoms with E-state index in [9.17, 15) is 14.3 Å². The Morgan fingerprint density at radius 2 is 1.53 bits per heavy atom. The van der Waals surface area contributed by atoms with Crippen molar-refractivity contribution in [3.8, 4) is 0 Å². The van der Waals surface area contributed by atoms with Gasteiger partial charge in [0, 0.05) is 19.6 Å². The summed E-state index contributed by atoms with van der Waals surface area (Å²) in [4.78, 5) is 16.3. The van der Waals surface area contributed by atoms with E-state index in [-0.39, 0.29) is 5.82 Å². The van der Waals surface area contributed by atoms with Gasteiger partial charge in [-0.2, -0.15) is 0 Å². The van der Waals surface area contributed by atoms with Gasteiger partial charge in [0.15, 0.2) is 0 Å². The second kappa shape index (κ2) is 9.61. The predicted molar refractivity (Wildman–Crippen MR) is 118 cm³/mol. The van der Waals surface area contributed by atoms with Crippen LogP contribution in [0.1, 0.15) is 41.6 Å². The number of rotatable bonds is 6. The fourth-order valence-corrected chi connectivity index (χ4v) is 4.98. The summed E-state index contributed by atoms with van der Waals surface area (Å²) in [5.41, 5.74) is 2.49. The van der Waals surface area contributed by atoms with E-state index in [1.54, 1.807) is 24.3 Å². The van der Waals surface area contributed by atoms with E-state index in [1.807, 2.05) is 24.3 Å². The topological polar surface area (TPSA) is 43.8 Å². The molecule has 5 heteroatoms. The molecule has 2 heterocycles. The summed E-state index contributed by atoms with van der Waals surface area (Å²) in [5, 5.41) is 9.44. The summed E-state index contributed by atoms with van der Waals surface area (Å²) >= 11 is 0. The van der Waals surface area contributed by atoms with Crippen LogP contribution in [0.4, 0.5) is 10.1 Å². The van der Waals surface area contributed by atoms with Crippen molar-refractivity contribution in [1.29, 1.82) is 0 Å². The molecule has 0 atom stereocenters. The van der Waals surface area contributed by atoms with Gasteiger partial charge in [0.25, 0.3) is 0 Å². The fourth-order valence-electron chi connectivity index (χ4n) is 4.98. The Labute approximate surface area is 178 Å². The summed E-state index contributed by atoms with van der Waals surface area (Å²) in [6.07, 6.45) is 5.70. The summed E-state index contributed by atoms with van der Waals surface area (Å²) in [5.74, 6) is 0.371. The molecule has 0 saturated carbocycles. The van der Waals surface area contributed by atoms with E-state index in [0.717, 1.165) is 57.7 Å². The van der Waals surface area contributed by atoms with E-state index in [4.69, 9.17) is 0 Å². The lowest BCUT2D eigenvalue weighted by Crippen LogP contribution is -2.42. The highest BCUT2D eigenvalue weighted by atomic mass is 19.1. The minimum absolute atomic E-state index is 0.161. The summed E-state index contributed by atoms with van der Waals surface area (Å²) < 4.78 is 13.1. The zero-order valence-corrected chi connectivity index (χ0v) is 17.5. The number of piperidine rings is 2. The Morgan fingerprint density at radius 1 is 0.900 bits per heavy atom. The average molecular weight is 411 g/mol. The maximum atomic E-state index is 13.1. The first-order chi connectivity index (χ1) is 14.6. The summed E-state index contributed by atoms with van der Waals surface area (Å²) in [6.45, 7) is 5.30. The summed E-state index contributed by atoms with van der Waals surface area (Å²) in [6, 6.07) is 14.3. The van der Waals surface area contributed by atoms with E-state index in [0.29, 0.717) is 17.4 Å². The van der Waals surface area contributed by atoms with E-state index >= 15 is 0 Å². The van der Waals surface area contributed by atoms with Gasteiger partial charge in [0.05, 0.1) is 11.3 Å². The number of carboxylic acid groups (broad SMARTS) is 1. The Morgan fingerprint density at radius 3 is 2.20 bits per heavy atom. The third-order valence-corrected chi connectivity index (χ3v) is 6.75. The SMILES string of the molecule is O=C(O)c1ccccc1N1CCC(CN2CCC(Cc3ccc(F)cc3)CC2)CC1. The molecule has 4 nitrogen and oxygen atoms in total. The van der Waals surface area contributed by atoms with Crippen molar-refractivity contribution >= 4 is 11.7 Å². The van der Waals surface area contributed by atoms with Crippen molar-refractivity contribution in [2.24, 2.45) is 11.8 Å². The number of carboxylic acids is 1. The third kappa shape index (κ3) is 5.20. The molecule has 30 heavy (non-hydrogen) atoms. The van der Waals surface area contributed by atoms with Crippen LogP contribution in [-0.2, 0) is 6.42 Å². The number of carbonyl (C=O) groups is 1. The molecule has 0 radical (unpaired) electrons. The Bertz CT molecular complexity index is 838. The molecule has 0 bridgehead atoms. The number of likely N-dealkylation sites (tertiary alicyclic amines) is 1. The smallest absolute Gasteiger partial charge is 0.337 e. The minimum atomic E-state index is -0.851. The number of para-hydroxylation sites is 1. The molecule has 1 N–H and O–H groups in total. The second-order valence-electron chi connectivity index (χ2n) is 8.83. The highest BCUT2D eigenvalue weighted by Crippen LogP contribution is 2.28. The number of aromatic carboxylic acids is 1.